The van der Waals surface area contributed by atoms with E-state index in [1.165, 1.54) is 12.8 Å². The van der Waals surface area contributed by atoms with Crippen molar-refractivity contribution < 1.29 is 9.90 Å². The summed E-state index contributed by atoms with van der Waals surface area (Å²) < 4.78 is 0. The highest BCUT2D eigenvalue weighted by atomic mass is 16.4. The summed E-state index contributed by atoms with van der Waals surface area (Å²) >= 11 is 0. The lowest BCUT2D eigenvalue weighted by Crippen LogP contribution is -2.54. The fraction of sp³-hybridized carbons (Fsp3) is 0.923. The Morgan fingerprint density at radius 1 is 1.19 bits per heavy atom. The van der Waals surface area contributed by atoms with Gasteiger partial charge in [-0.3, -0.25) is 4.79 Å². The molecule has 0 aromatic rings. The van der Waals surface area contributed by atoms with E-state index in [9.17, 15) is 9.90 Å². The second-order valence-corrected chi connectivity index (χ2v) is 6.22. The molecule has 1 saturated carbocycles. The fourth-order valence-corrected chi connectivity index (χ4v) is 2.23. The Kier molecular flexibility index (Phi) is 4.36. The molecule has 3 heteroatoms. The van der Waals surface area contributed by atoms with Gasteiger partial charge in [-0.2, -0.15) is 0 Å². The minimum absolute atomic E-state index is 0.134. The van der Waals surface area contributed by atoms with Crippen LogP contribution in [0.1, 0.15) is 59.3 Å². The van der Waals surface area contributed by atoms with Gasteiger partial charge in [-0.05, 0) is 18.3 Å². The summed E-state index contributed by atoms with van der Waals surface area (Å²) in [5.74, 6) is -0.668. The highest BCUT2D eigenvalue weighted by Crippen LogP contribution is 2.28. The lowest BCUT2D eigenvalue weighted by molar-refractivity contribution is -0.145. The van der Waals surface area contributed by atoms with Crippen molar-refractivity contribution in [3.8, 4) is 0 Å². The van der Waals surface area contributed by atoms with Crippen LogP contribution in [0, 0.1) is 5.41 Å². The molecule has 0 radical (unpaired) electrons. The van der Waals surface area contributed by atoms with Crippen molar-refractivity contribution in [3.63, 3.8) is 0 Å². The normalized spacial score (nSPS) is 21.4. The van der Waals surface area contributed by atoms with Crippen LogP contribution in [-0.4, -0.2) is 23.2 Å². The third kappa shape index (κ3) is 3.78. The van der Waals surface area contributed by atoms with Crippen molar-refractivity contribution in [1.82, 2.24) is 5.32 Å². The molecule has 0 aromatic heterocycles. The summed E-state index contributed by atoms with van der Waals surface area (Å²) in [6.45, 7) is 7.16. The largest absolute Gasteiger partial charge is 0.480 e. The van der Waals surface area contributed by atoms with E-state index in [1.54, 1.807) is 0 Å². The van der Waals surface area contributed by atoms with Gasteiger partial charge < -0.3 is 10.4 Å². The van der Waals surface area contributed by atoms with Crippen LogP contribution in [0.3, 0.4) is 0 Å². The van der Waals surface area contributed by atoms with Gasteiger partial charge in [-0.15, -0.1) is 0 Å². The number of carboxylic acids is 1. The van der Waals surface area contributed by atoms with E-state index in [-0.39, 0.29) is 5.41 Å². The van der Waals surface area contributed by atoms with Crippen LogP contribution in [0.4, 0.5) is 0 Å². The van der Waals surface area contributed by atoms with Crippen LogP contribution < -0.4 is 5.32 Å². The van der Waals surface area contributed by atoms with Crippen LogP contribution >= 0.6 is 0 Å². The van der Waals surface area contributed by atoms with Gasteiger partial charge >= 0.3 is 5.97 Å². The summed E-state index contributed by atoms with van der Waals surface area (Å²) in [7, 11) is 0. The highest BCUT2D eigenvalue weighted by molar-refractivity contribution is 5.78. The SMILES string of the molecule is CC(C)(C)CNC1(C(=O)O)CCCCCC1. The Bertz CT molecular complexity index is 235. The predicted octanol–water partition coefficient (Wildman–Crippen LogP) is 2.80. The van der Waals surface area contributed by atoms with E-state index in [0.717, 1.165) is 32.2 Å². The summed E-state index contributed by atoms with van der Waals surface area (Å²) in [6.07, 6.45) is 5.96. The third-order valence-electron chi connectivity index (χ3n) is 3.32. The molecule has 16 heavy (non-hydrogen) atoms. The second-order valence-electron chi connectivity index (χ2n) is 6.22. The summed E-state index contributed by atoms with van der Waals surface area (Å²) in [5.41, 5.74) is -0.529. The molecular weight excluding hydrogens is 202 g/mol. The summed E-state index contributed by atoms with van der Waals surface area (Å²) in [5, 5.41) is 12.8. The molecule has 0 amide bonds. The molecule has 94 valence electrons. The lowest BCUT2D eigenvalue weighted by atomic mass is 9.87. The van der Waals surface area contributed by atoms with Crippen molar-refractivity contribution in [2.45, 2.75) is 64.8 Å². The molecule has 0 spiro atoms. The molecule has 0 saturated heterocycles. The average molecular weight is 227 g/mol. The van der Waals surface area contributed by atoms with Gasteiger partial charge in [0.1, 0.15) is 5.54 Å². The van der Waals surface area contributed by atoms with Crippen molar-refractivity contribution in [2.24, 2.45) is 5.41 Å². The van der Waals surface area contributed by atoms with Gasteiger partial charge in [0.15, 0.2) is 0 Å². The van der Waals surface area contributed by atoms with Crippen LogP contribution in [-0.2, 0) is 4.79 Å². The molecule has 0 unspecified atom stereocenters. The first kappa shape index (κ1) is 13.5. The molecule has 0 atom stereocenters. The number of carboxylic acid groups (broad SMARTS) is 1. The Morgan fingerprint density at radius 2 is 1.69 bits per heavy atom. The molecule has 0 bridgehead atoms. The molecule has 2 N–H and O–H groups in total. The Hall–Kier alpha value is -0.570. The Balaban J connectivity index is 2.67. The van der Waals surface area contributed by atoms with Gasteiger partial charge in [-0.1, -0.05) is 46.5 Å². The standard InChI is InChI=1S/C13H25NO2/c1-12(2,3)10-14-13(11(15)16)8-6-4-5-7-9-13/h14H,4-10H2,1-3H3,(H,15,16). The molecule has 1 aliphatic carbocycles. The number of rotatable bonds is 3. The smallest absolute Gasteiger partial charge is 0.323 e. The Labute approximate surface area is 98.6 Å². The minimum Gasteiger partial charge on any atom is -0.480 e. The number of carbonyl (C=O) groups is 1. The van der Waals surface area contributed by atoms with Gasteiger partial charge in [0.25, 0.3) is 0 Å². The lowest BCUT2D eigenvalue weighted by Gasteiger charge is -2.33. The molecule has 3 nitrogen and oxygen atoms in total. The van der Waals surface area contributed by atoms with Crippen molar-refractivity contribution in [3.05, 3.63) is 0 Å². The number of nitrogens with one attached hydrogen (secondary N) is 1. The predicted molar refractivity (Wildman–Crippen MR) is 65.5 cm³/mol. The van der Waals surface area contributed by atoms with E-state index >= 15 is 0 Å². The van der Waals surface area contributed by atoms with E-state index in [4.69, 9.17) is 0 Å². The maximum atomic E-state index is 11.5. The van der Waals surface area contributed by atoms with Crippen molar-refractivity contribution in [1.29, 1.82) is 0 Å². The number of hydrogen-bond acceptors (Lipinski definition) is 2. The van der Waals surface area contributed by atoms with Crippen molar-refractivity contribution in [2.75, 3.05) is 6.54 Å². The minimum atomic E-state index is -0.668. The average Bonchev–Trinajstić information content (AvgIpc) is 2.39. The Morgan fingerprint density at radius 3 is 2.06 bits per heavy atom. The summed E-state index contributed by atoms with van der Waals surface area (Å²) in [4.78, 5) is 11.5. The van der Waals surface area contributed by atoms with Gasteiger partial charge in [0, 0.05) is 6.54 Å². The maximum absolute atomic E-state index is 11.5. The molecule has 0 aliphatic heterocycles. The second kappa shape index (κ2) is 5.17. The fourth-order valence-electron chi connectivity index (χ4n) is 2.23. The molecule has 1 fully saturated rings. The zero-order valence-corrected chi connectivity index (χ0v) is 10.8. The van der Waals surface area contributed by atoms with Crippen molar-refractivity contribution >= 4 is 5.97 Å². The van der Waals surface area contributed by atoms with E-state index < -0.39 is 11.5 Å². The first-order valence-corrected chi connectivity index (χ1v) is 6.34. The maximum Gasteiger partial charge on any atom is 0.323 e. The van der Waals surface area contributed by atoms with Gasteiger partial charge in [0.05, 0.1) is 0 Å². The van der Waals surface area contributed by atoms with Crippen LogP contribution in [0.5, 0.6) is 0 Å². The van der Waals surface area contributed by atoms with Crippen LogP contribution in [0.15, 0.2) is 0 Å². The van der Waals surface area contributed by atoms with E-state index in [2.05, 4.69) is 26.1 Å². The van der Waals surface area contributed by atoms with Crippen LogP contribution in [0.2, 0.25) is 0 Å². The van der Waals surface area contributed by atoms with Gasteiger partial charge in [-0.25, -0.2) is 0 Å². The zero-order valence-electron chi connectivity index (χ0n) is 10.8. The number of hydrogen-bond donors (Lipinski definition) is 2. The highest BCUT2D eigenvalue weighted by Gasteiger charge is 2.38. The topological polar surface area (TPSA) is 49.3 Å². The molecule has 1 rings (SSSR count). The van der Waals surface area contributed by atoms with E-state index in [1.807, 2.05) is 0 Å². The first-order valence-electron chi connectivity index (χ1n) is 6.34. The van der Waals surface area contributed by atoms with Crippen LogP contribution in [0.25, 0.3) is 0 Å². The molecule has 1 aliphatic rings. The first-order chi connectivity index (χ1) is 7.36. The number of aliphatic carboxylic acids is 1. The quantitative estimate of drug-likeness (QED) is 0.729. The van der Waals surface area contributed by atoms with E-state index in [0.29, 0.717) is 0 Å². The van der Waals surface area contributed by atoms with Gasteiger partial charge in [0.2, 0.25) is 0 Å². The zero-order chi connectivity index (χ0) is 12.2. The molecular formula is C13H25NO2. The molecule has 0 aromatic carbocycles. The monoisotopic (exact) mass is 227 g/mol. The molecule has 0 heterocycles. The summed E-state index contributed by atoms with van der Waals surface area (Å²) in [6, 6.07) is 0. The third-order valence-corrected chi connectivity index (χ3v) is 3.32.